The van der Waals surface area contributed by atoms with Crippen LogP contribution < -0.4 is 15.0 Å². The lowest BCUT2D eigenvalue weighted by Crippen LogP contribution is -2.50. The van der Waals surface area contributed by atoms with Gasteiger partial charge in [0.2, 0.25) is 0 Å². The number of anilines is 1. The lowest BCUT2D eigenvalue weighted by Gasteiger charge is -2.32. The highest BCUT2D eigenvalue weighted by Gasteiger charge is 2.48. The maximum Gasteiger partial charge on any atom is 0.471 e. The van der Waals surface area contributed by atoms with E-state index in [0.29, 0.717) is 16.4 Å². The van der Waals surface area contributed by atoms with E-state index >= 15 is 0 Å². The average Bonchev–Trinajstić information content (AvgIpc) is 3.17. The topological polar surface area (TPSA) is 71.8 Å². The van der Waals surface area contributed by atoms with E-state index in [-0.39, 0.29) is 17.5 Å². The Morgan fingerprint density at radius 3 is 2.26 bits per heavy atom. The molecule has 31 heavy (non-hydrogen) atoms. The van der Waals surface area contributed by atoms with Crippen molar-refractivity contribution >= 4 is 17.5 Å². The monoisotopic (exact) mass is 438 g/mol. The molecule has 9 heteroatoms. The molecule has 1 aliphatic rings. The van der Waals surface area contributed by atoms with E-state index in [4.69, 9.17) is 9.15 Å². The third-order valence-electron chi connectivity index (χ3n) is 5.30. The Morgan fingerprint density at radius 2 is 1.74 bits per heavy atom. The SMILES string of the molecule is COc1ccc(N(C(=O)C(F)(F)F)[C@H](C(=O)NC2CCCCC2)c2ccc(C)o2)cc1. The van der Waals surface area contributed by atoms with Crippen molar-refractivity contribution in [2.24, 2.45) is 0 Å². The van der Waals surface area contributed by atoms with Gasteiger partial charge < -0.3 is 14.5 Å². The summed E-state index contributed by atoms with van der Waals surface area (Å²) < 4.78 is 51.2. The van der Waals surface area contributed by atoms with Crippen LogP contribution in [0.5, 0.6) is 5.75 Å². The van der Waals surface area contributed by atoms with Gasteiger partial charge in [0.25, 0.3) is 5.91 Å². The number of aryl methyl sites for hydroxylation is 1. The van der Waals surface area contributed by atoms with E-state index in [9.17, 15) is 22.8 Å². The van der Waals surface area contributed by atoms with Crippen LogP contribution in [0.25, 0.3) is 0 Å². The van der Waals surface area contributed by atoms with Crippen molar-refractivity contribution in [1.29, 1.82) is 0 Å². The molecule has 1 aromatic heterocycles. The Balaban J connectivity index is 2.04. The van der Waals surface area contributed by atoms with Gasteiger partial charge in [0.05, 0.1) is 7.11 Å². The number of carbonyl (C=O) groups excluding carboxylic acids is 2. The summed E-state index contributed by atoms with van der Waals surface area (Å²) in [5.74, 6) is -2.09. The molecule has 1 fully saturated rings. The summed E-state index contributed by atoms with van der Waals surface area (Å²) in [6, 6.07) is 6.65. The molecule has 0 saturated heterocycles. The van der Waals surface area contributed by atoms with Crippen molar-refractivity contribution in [3.05, 3.63) is 47.9 Å². The summed E-state index contributed by atoms with van der Waals surface area (Å²) in [6.07, 6.45) is -0.794. The Kier molecular flexibility index (Phi) is 6.92. The van der Waals surface area contributed by atoms with Gasteiger partial charge in [-0.1, -0.05) is 19.3 Å². The molecule has 0 radical (unpaired) electrons. The minimum Gasteiger partial charge on any atom is -0.497 e. The largest absolute Gasteiger partial charge is 0.497 e. The Morgan fingerprint density at radius 1 is 1.10 bits per heavy atom. The zero-order valence-corrected chi connectivity index (χ0v) is 17.4. The highest BCUT2D eigenvalue weighted by atomic mass is 19.4. The molecule has 1 heterocycles. The fraction of sp³-hybridized carbons (Fsp3) is 0.455. The molecule has 1 aliphatic carbocycles. The molecule has 2 amide bonds. The molecular weight excluding hydrogens is 413 g/mol. The zero-order valence-electron chi connectivity index (χ0n) is 17.4. The zero-order chi connectivity index (χ0) is 22.6. The van der Waals surface area contributed by atoms with Crippen LogP contribution in [0.2, 0.25) is 0 Å². The molecule has 0 bridgehead atoms. The molecule has 3 rings (SSSR count). The quantitative estimate of drug-likeness (QED) is 0.711. The Bertz CT molecular complexity index is 902. The molecule has 0 aliphatic heterocycles. The second-order valence-electron chi connectivity index (χ2n) is 7.57. The summed E-state index contributed by atoms with van der Waals surface area (Å²) >= 11 is 0. The first-order valence-corrected chi connectivity index (χ1v) is 10.1. The van der Waals surface area contributed by atoms with Crippen molar-refractivity contribution in [3.63, 3.8) is 0 Å². The maximum absolute atomic E-state index is 13.6. The van der Waals surface area contributed by atoms with E-state index in [2.05, 4.69) is 5.32 Å². The molecule has 0 unspecified atom stereocenters. The van der Waals surface area contributed by atoms with Crippen LogP contribution in [-0.4, -0.2) is 31.1 Å². The number of rotatable bonds is 6. The second kappa shape index (κ2) is 9.45. The van der Waals surface area contributed by atoms with E-state index in [1.54, 1.807) is 13.0 Å². The summed E-state index contributed by atoms with van der Waals surface area (Å²) in [5.41, 5.74) is -0.0963. The number of benzene rings is 1. The first-order chi connectivity index (χ1) is 14.7. The summed E-state index contributed by atoms with van der Waals surface area (Å²) in [7, 11) is 1.42. The fourth-order valence-electron chi connectivity index (χ4n) is 3.76. The summed E-state index contributed by atoms with van der Waals surface area (Å²) in [4.78, 5) is 26.2. The van der Waals surface area contributed by atoms with E-state index in [1.165, 1.54) is 37.4 Å². The van der Waals surface area contributed by atoms with Crippen LogP contribution in [0, 0.1) is 6.92 Å². The van der Waals surface area contributed by atoms with Gasteiger partial charge in [-0.05, 0) is 56.2 Å². The molecule has 6 nitrogen and oxygen atoms in total. The van der Waals surface area contributed by atoms with Gasteiger partial charge in [0.1, 0.15) is 17.3 Å². The predicted molar refractivity (Wildman–Crippen MR) is 108 cm³/mol. The molecular formula is C22H25F3N2O4. The minimum absolute atomic E-state index is 0.0424. The third-order valence-corrected chi connectivity index (χ3v) is 5.30. The van der Waals surface area contributed by atoms with Crippen LogP contribution in [0.4, 0.5) is 18.9 Å². The van der Waals surface area contributed by atoms with Crippen LogP contribution in [0.3, 0.4) is 0 Å². The second-order valence-corrected chi connectivity index (χ2v) is 7.57. The number of halogens is 3. The number of nitrogens with zero attached hydrogens (tertiary/aromatic N) is 1. The van der Waals surface area contributed by atoms with Gasteiger partial charge in [-0.2, -0.15) is 13.2 Å². The van der Waals surface area contributed by atoms with Gasteiger partial charge in [0, 0.05) is 11.7 Å². The number of hydrogen-bond donors (Lipinski definition) is 1. The third kappa shape index (κ3) is 5.39. The maximum atomic E-state index is 13.6. The van der Waals surface area contributed by atoms with Crippen molar-refractivity contribution in [2.75, 3.05) is 12.0 Å². The number of alkyl halides is 3. The van der Waals surface area contributed by atoms with Crippen molar-refractivity contribution in [1.82, 2.24) is 5.32 Å². The van der Waals surface area contributed by atoms with Crippen LogP contribution >= 0.6 is 0 Å². The molecule has 168 valence electrons. The van der Waals surface area contributed by atoms with E-state index in [0.717, 1.165) is 32.1 Å². The predicted octanol–water partition coefficient (Wildman–Crippen LogP) is 4.68. The van der Waals surface area contributed by atoms with Crippen molar-refractivity contribution < 1.29 is 31.9 Å². The molecule has 1 aromatic carbocycles. The highest BCUT2D eigenvalue weighted by molar-refractivity contribution is 6.03. The Hall–Kier alpha value is -2.97. The average molecular weight is 438 g/mol. The van der Waals surface area contributed by atoms with E-state index < -0.39 is 24.0 Å². The lowest BCUT2D eigenvalue weighted by molar-refractivity contribution is -0.171. The van der Waals surface area contributed by atoms with Crippen molar-refractivity contribution in [3.8, 4) is 5.75 Å². The normalized spacial score (nSPS) is 15.9. The molecule has 2 aromatic rings. The fourth-order valence-corrected chi connectivity index (χ4v) is 3.76. The molecule has 1 atom stereocenters. The first-order valence-electron chi connectivity index (χ1n) is 10.1. The van der Waals surface area contributed by atoms with Gasteiger partial charge >= 0.3 is 12.1 Å². The Labute approximate surface area is 178 Å². The number of hydrogen-bond acceptors (Lipinski definition) is 4. The number of carbonyl (C=O) groups is 2. The highest BCUT2D eigenvalue weighted by Crippen LogP contribution is 2.34. The number of ether oxygens (including phenoxy) is 1. The van der Waals surface area contributed by atoms with E-state index in [1.807, 2.05) is 0 Å². The lowest BCUT2D eigenvalue weighted by atomic mass is 9.95. The standard InChI is InChI=1S/C22H25F3N2O4/c1-14-8-13-18(31-14)19(20(28)26-15-6-4-3-5-7-15)27(21(29)22(23,24)25)16-9-11-17(30-2)12-10-16/h8-13,15,19H,3-7H2,1-2H3,(H,26,28)/t19-/m0/s1. The number of nitrogens with one attached hydrogen (secondary N) is 1. The van der Waals surface area contributed by atoms with Crippen LogP contribution in [0.15, 0.2) is 40.8 Å². The molecule has 0 spiro atoms. The summed E-state index contributed by atoms with van der Waals surface area (Å²) in [6.45, 7) is 1.61. The molecule has 1 N–H and O–H groups in total. The van der Waals surface area contributed by atoms with Crippen LogP contribution in [-0.2, 0) is 9.59 Å². The van der Waals surface area contributed by atoms with Crippen molar-refractivity contribution in [2.45, 2.75) is 57.3 Å². The van der Waals surface area contributed by atoms with Gasteiger partial charge in [-0.3, -0.25) is 14.5 Å². The van der Waals surface area contributed by atoms with Crippen LogP contribution in [0.1, 0.15) is 49.7 Å². The first kappa shape index (κ1) is 22.7. The number of furan rings is 1. The van der Waals surface area contributed by atoms with Gasteiger partial charge in [-0.25, -0.2) is 0 Å². The smallest absolute Gasteiger partial charge is 0.471 e. The van der Waals surface area contributed by atoms with Gasteiger partial charge in [-0.15, -0.1) is 0 Å². The number of amides is 2. The number of methoxy groups -OCH3 is 1. The van der Waals surface area contributed by atoms with Gasteiger partial charge in [0.15, 0.2) is 6.04 Å². The minimum atomic E-state index is -5.19. The molecule has 1 saturated carbocycles. The summed E-state index contributed by atoms with van der Waals surface area (Å²) in [5, 5.41) is 2.82.